The van der Waals surface area contributed by atoms with Gasteiger partial charge in [0.2, 0.25) is 11.8 Å². The normalized spacial score (nSPS) is 28.6. The highest BCUT2D eigenvalue weighted by Gasteiger charge is 2.81. The second-order valence-electron chi connectivity index (χ2n) is 11.7. The lowest BCUT2D eigenvalue weighted by molar-refractivity contribution is -0.122. The van der Waals surface area contributed by atoms with Gasteiger partial charge in [-0.15, -0.1) is 11.3 Å². The molecule has 12 heteroatoms. The molecular formula is C28H26Cl2FN5O3S. The van der Waals surface area contributed by atoms with Gasteiger partial charge in [-0.05, 0) is 47.1 Å². The van der Waals surface area contributed by atoms with Crippen molar-refractivity contribution in [3.63, 3.8) is 0 Å². The third kappa shape index (κ3) is 3.73. The number of benzene rings is 2. The Hall–Kier alpha value is -3.05. The Bertz CT molecular complexity index is 1610. The second-order valence-corrected chi connectivity index (χ2v) is 13.4. The summed E-state index contributed by atoms with van der Waals surface area (Å²) in [6.07, 6.45) is 0.581. The Morgan fingerprint density at radius 1 is 1.23 bits per heavy atom. The molecule has 0 radical (unpaired) electrons. The minimum atomic E-state index is -1.36. The van der Waals surface area contributed by atoms with E-state index in [-0.39, 0.29) is 38.7 Å². The maximum atomic E-state index is 15.9. The number of hydrogen-bond donors (Lipinski definition) is 4. The fourth-order valence-electron chi connectivity index (χ4n) is 6.98. The summed E-state index contributed by atoms with van der Waals surface area (Å²) in [6, 6.07) is 8.70. The highest BCUT2D eigenvalue weighted by Crippen LogP contribution is 2.72. The smallest absolute Gasteiger partial charge is 0.268 e. The Morgan fingerprint density at radius 2 is 1.98 bits per heavy atom. The topological polar surface area (TPSA) is 126 Å². The molecule has 1 saturated heterocycles. The molecule has 1 aromatic heterocycles. The van der Waals surface area contributed by atoms with Crippen LogP contribution in [0.15, 0.2) is 41.8 Å². The number of carbonyl (C=O) groups is 3. The van der Waals surface area contributed by atoms with Gasteiger partial charge in [0.15, 0.2) is 5.13 Å². The number of fused-ring (bicyclic) bond motifs is 3. The van der Waals surface area contributed by atoms with Crippen molar-refractivity contribution in [1.82, 2.24) is 10.3 Å². The van der Waals surface area contributed by atoms with Crippen molar-refractivity contribution in [2.45, 2.75) is 50.1 Å². The molecule has 0 bridgehead atoms. The number of thiazole rings is 1. The number of amides is 3. The summed E-state index contributed by atoms with van der Waals surface area (Å²) in [5.74, 6) is -3.31. The van der Waals surface area contributed by atoms with Crippen LogP contribution in [0.3, 0.4) is 0 Å². The molecule has 5 atom stereocenters. The number of carbonyl (C=O) groups excluding carboxylic acids is 3. The van der Waals surface area contributed by atoms with E-state index in [0.717, 1.165) is 11.3 Å². The maximum Gasteiger partial charge on any atom is 0.268 e. The van der Waals surface area contributed by atoms with Crippen LogP contribution in [0, 0.1) is 17.2 Å². The van der Waals surface area contributed by atoms with Gasteiger partial charge in [-0.25, -0.2) is 9.37 Å². The average molecular weight is 603 g/mol. The van der Waals surface area contributed by atoms with E-state index < -0.39 is 40.5 Å². The average Bonchev–Trinajstić information content (AvgIpc) is 3.15. The zero-order valence-electron chi connectivity index (χ0n) is 21.8. The monoisotopic (exact) mass is 601 g/mol. The molecule has 3 amide bonds. The number of halogens is 3. The number of anilines is 2. The number of nitrogens with one attached hydrogen (secondary N) is 3. The first-order valence-corrected chi connectivity index (χ1v) is 14.3. The number of nitrogens with zero attached hydrogens (tertiary/aromatic N) is 1. The first-order valence-electron chi connectivity index (χ1n) is 12.7. The van der Waals surface area contributed by atoms with Crippen LogP contribution in [-0.2, 0) is 15.0 Å². The van der Waals surface area contributed by atoms with Crippen LogP contribution in [0.1, 0.15) is 54.7 Å². The summed E-state index contributed by atoms with van der Waals surface area (Å²) < 4.78 is 15.9. The lowest BCUT2D eigenvalue weighted by Gasteiger charge is -2.38. The quantitative estimate of drug-likeness (QED) is 0.332. The van der Waals surface area contributed by atoms with E-state index in [1.165, 1.54) is 11.4 Å². The molecule has 2 spiro atoms. The molecule has 2 fully saturated rings. The number of nitrogens with two attached hydrogens (primary N) is 1. The van der Waals surface area contributed by atoms with E-state index in [0.29, 0.717) is 22.7 Å². The largest absolute Gasteiger partial charge is 0.364 e. The molecular weight excluding hydrogens is 576 g/mol. The summed E-state index contributed by atoms with van der Waals surface area (Å²) in [5, 5.41) is 11.2. The van der Waals surface area contributed by atoms with Crippen LogP contribution in [0.5, 0.6) is 0 Å². The van der Waals surface area contributed by atoms with Crippen LogP contribution in [0.2, 0.25) is 10.0 Å². The molecule has 2 aromatic carbocycles. The molecule has 40 heavy (non-hydrogen) atoms. The van der Waals surface area contributed by atoms with E-state index in [1.807, 2.05) is 0 Å². The van der Waals surface area contributed by atoms with Crippen molar-refractivity contribution in [3.8, 4) is 0 Å². The van der Waals surface area contributed by atoms with Gasteiger partial charge in [-0.3, -0.25) is 19.7 Å². The van der Waals surface area contributed by atoms with Gasteiger partial charge in [-0.2, -0.15) is 0 Å². The Balaban J connectivity index is 1.57. The van der Waals surface area contributed by atoms with Crippen LogP contribution >= 0.6 is 34.5 Å². The first-order chi connectivity index (χ1) is 18.8. The minimum absolute atomic E-state index is 0.0148. The Morgan fingerprint density at radius 3 is 2.62 bits per heavy atom. The van der Waals surface area contributed by atoms with Crippen LogP contribution < -0.4 is 21.7 Å². The molecule has 8 nitrogen and oxygen atoms in total. The number of aromatic nitrogens is 1. The van der Waals surface area contributed by atoms with E-state index in [1.54, 1.807) is 30.3 Å². The van der Waals surface area contributed by atoms with E-state index >= 15 is 4.39 Å². The predicted octanol–water partition coefficient (Wildman–Crippen LogP) is 5.08. The van der Waals surface area contributed by atoms with Crippen LogP contribution in [0.25, 0.3) is 0 Å². The van der Waals surface area contributed by atoms with Crippen LogP contribution in [-0.4, -0.2) is 34.3 Å². The molecule has 2 aliphatic heterocycles. The molecule has 3 heterocycles. The van der Waals surface area contributed by atoms with Gasteiger partial charge >= 0.3 is 0 Å². The SMILES string of the molecule is CC(C)(C)C1C[C@]12N[C@@H](C(=O)Nc1nc(C(N)=O)cs1)[C@H](c1cccc(Cl)c1F)[C@]21C(=O)Nc2cc(Cl)ccc21. The summed E-state index contributed by atoms with van der Waals surface area (Å²) >= 11 is 13.6. The third-order valence-corrected chi connectivity index (χ3v) is 9.81. The second kappa shape index (κ2) is 8.97. The molecule has 1 saturated carbocycles. The highest BCUT2D eigenvalue weighted by atomic mass is 35.5. The maximum absolute atomic E-state index is 15.9. The van der Waals surface area contributed by atoms with Gasteiger partial charge in [0.1, 0.15) is 16.9 Å². The first kappa shape index (κ1) is 27.1. The van der Waals surface area contributed by atoms with Crippen molar-refractivity contribution >= 4 is 63.1 Å². The van der Waals surface area contributed by atoms with E-state index in [9.17, 15) is 14.4 Å². The van der Waals surface area contributed by atoms with Gasteiger partial charge in [0.25, 0.3) is 5.91 Å². The summed E-state index contributed by atoms with van der Waals surface area (Å²) in [6.45, 7) is 6.25. The Kier molecular flexibility index (Phi) is 6.09. The summed E-state index contributed by atoms with van der Waals surface area (Å²) in [7, 11) is 0. The van der Waals surface area contributed by atoms with Gasteiger partial charge in [0.05, 0.1) is 11.1 Å². The fourth-order valence-corrected chi connectivity index (χ4v) is 8.04. The molecule has 208 valence electrons. The van der Waals surface area contributed by atoms with Crippen molar-refractivity contribution < 1.29 is 18.8 Å². The zero-order valence-corrected chi connectivity index (χ0v) is 24.1. The molecule has 3 aromatic rings. The minimum Gasteiger partial charge on any atom is -0.364 e. The molecule has 3 aliphatic rings. The third-order valence-electron chi connectivity index (χ3n) is 8.52. The van der Waals surface area contributed by atoms with Crippen LogP contribution in [0.4, 0.5) is 15.2 Å². The molecule has 1 unspecified atom stereocenters. The van der Waals surface area contributed by atoms with Crippen molar-refractivity contribution in [2.24, 2.45) is 17.1 Å². The van der Waals surface area contributed by atoms with E-state index in [4.69, 9.17) is 28.9 Å². The van der Waals surface area contributed by atoms with Gasteiger partial charge in [0, 0.05) is 27.5 Å². The fraction of sp³-hybridized carbons (Fsp3) is 0.357. The lowest BCUT2D eigenvalue weighted by atomic mass is 9.61. The zero-order chi connectivity index (χ0) is 28.8. The predicted molar refractivity (Wildman–Crippen MR) is 152 cm³/mol. The summed E-state index contributed by atoms with van der Waals surface area (Å²) in [5.41, 5.74) is 4.18. The van der Waals surface area contributed by atoms with Gasteiger partial charge < -0.3 is 16.4 Å². The molecule has 5 N–H and O–H groups in total. The van der Waals surface area contributed by atoms with Crippen molar-refractivity contribution in [1.29, 1.82) is 0 Å². The molecule has 6 rings (SSSR count). The van der Waals surface area contributed by atoms with E-state index in [2.05, 4.69) is 41.7 Å². The van der Waals surface area contributed by atoms with Crippen molar-refractivity contribution in [3.05, 3.63) is 74.5 Å². The number of rotatable bonds is 4. The number of primary amides is 1. The highest BCUT2D eigenvalue weighted by molar-refractivity contribution is 7.14. The Labute approximate surface area is 243 Å². The lowest BCUT2D eigenvalue weighted by Crippen LogP contribution is -2.52. The van der Waals surface area contributed by atoms with Crippen molar-refractivity contribution in [2.75, 3.05) is 10.6 Å². The van der Waals surface area contributed by atoms with Gasteiger partial charge in [-0.1, -0.05) is 62.2 Å². The molecule has 1 aliphatic carbocycles. The standard InChI is InChI=1S/C28H26Cl2FN5O3S/c1-26(2,3)18-10-27(18)28(14-8-7-12(29)9-16(14)33-24(28)39)19(13-5-4-6-15(30)20(13)31)21(36-27)23(38)35-25-34-17(11-40-25)22(32)37/h4-9,11,18-19,21,36H,10H2,1-3H3,(H2,32,37)(H,33,39)(H,34,35,38)/t18?,19-,21+,27-,28+/m0/s1. The number of hydrogen-bond acceptors (Lipinski definition) is 6. The summed E-state index contributed by atoms with van der Waals surface area (Å²) in [4.78, 5) is 44.0.